The van der Waals surface area contributed by atoms with Gasteiger partial charge in [0.15, 0.2) is 0 Å². The third kappa shape index (κ3) is 2.64. The van der Waals surface area contributed by atoms with Crippen LogP contribution in [0.5, 0.6) is 0 Å². The Kier molecular flexibility index (Phi) is 4.19. The lowest BCUT2D eigenvalue weighted by molar-refractivity contribution is 0.736. The van der Waals surface area contributed by atoms with Crippen molar-refractivity contribution in [1.82, 2.24) is 5.32 Å². The quantitative estimate of drug-likeness (QED) is 0.723. The molecule has 0 radical (unpaired) electrons. The predicted octanol–water partition coefficient (Wildman–Crippen LogP) is 5.35. The van der Waals surface area contributed by atoms with Crippen LogP contribution in [-0.4, -0.2) is 0 Å². The van der Waals surface area contributed by atoms with E-state index in [1.54, 1.807) is 0 Å². The van der Waals surface area contributed by atoms with E-state index in [1.807, 2.05) is 0 Å². The molecule has 0 heterocycles. The van der Waals surface area contributed by atoms with Gasteiger partial charge in [0.05, 0.1) is 0 Å². The smallest absolute Gasteiger partial charge is 0.0415 e. The average molecular weight is 320 g/mol. The first-order valence-corrected chi connectivity index (χ1v) is 7.62. The molecule has 0 fully saturated rings. The van der Waals surface area contributed by atoms with Crippen molar-refractivity contribution < 1.29 is 0 Å². The van der Waals surface area contributed by atoms with Gasteiger partial charge in [-0.15, -0.1) is 0 Å². The maximum Gasteiger partial charge on any atom is 0.0415 e. The zero-order chi connectivity index (χ0) is 14.2. The molecule has 0 amide bonds. The normalized spacial score (nSPS) is 26.0. The minimum absolute atomic E-state index is 0.494. The Balaban J connectivity index is 2.29. The van der Waals surface area contributed by atoms with Crippen molar-refractivity contribution in [1.29, 1.82) is 0 Å². The molecule has 0 saturated heterocycles. The standard InChI is InChI=1S/C17H22BrN/c1-6-14-9-15(18)7-8-16(14)19-17-12(4)10(2)11(3)13(17)5/h6-8,12,19H,9H2,1-5H3. The van der Waals surface area contributed by atoms with Gasteiger partial charge in [-0.2, -0.15) is 0 Å². The second-order valence-electron chi connectivity index (χ2n) is 5.38. The molecule has 0 saturated carbocycles. The number of hydrogen-bond acceptors (Lipinski definition) is 1. The molecule has 2 heteroatoms. The van der Waals surface area contributed by atoms with Gasteiger partial charge in [0, 0.05) is 23.7 Å². The summed E-state index contributed by atoms with van der Waals surface area (Å²) in [5, 5.41) is 3.67. The first-order valence-electron chi connectivity index (χ1n) is 6.83. The molecule has 0 aromatic rings. The fourth-order valence-electron chi connectivity index (χ4n) is 2.71. The van der Waals surface area contributed by atoms with Gasteiger partial charge in [0.1, 0.15) is 0 Å². The van der Waals surface area contributed by atoms with Crippen LogP contribution in [0.3, 0.4) is 0 Å². The molecule has 1 atom stereocenters. The second kappa shape index (κ2) is 5.54. The molecule has 0 aliphatic heterocycles. The molecule has 0 bridgehead atoms. The highest BCUT2D eigenvalue weighted by atomic mass is 79.9. The maximum absolute atomic E-state index is 3.67. The van der Waals surface area contributed by atoms with E-state index < -0.39 is 0 Å². The molecule has 0 spiro atoms. The lowest BCUT2D eigenvalue weighted by atomic mass is 10.00. The Labute approximate surface area is 125 Å². The molecule has 1 N–H and O–H groups in total. The summed E-state index contributed by atoms with van der Waals surface area (Å²) in [5.41, 5.74) is 8.25. The van der Waals surface area contributed by atoms with E-state index in [0.717, 1.165) is 6.42 Å². The van der Waals surface area contributed by atoms with E-state index in [2.05, 4.69) is 74.1 Å². The summed E-state index contributed by atoms with van der Waals surface area (Å²) >= 11 is 3.58. The first kappa shape index (κ1) is 14.4. The molecular formula is C17H22BrN. The molecule has 0 aromatic heterocycles. The summed E-state index contributed by atoms with van der Waals surface area (Å²) in [5.74, 6) is 0.494. The van der Waals surface area contributed by atoms with Gasteiger partial charge >= 0.3 is 0 Å². The van der Waals surface area contributed by atoms with Gasteiger partial charge in [0.2, 0.25) is 0 Å². The number of halogens is 1. The number of nitrogens with one attached hydrogen (secondary N) is 1. The maximum atomic E-state index is 3.67. The fourth-order valence-corrected chi connectivity index (χ4v) is 3.14. The summed E-state index contributed by atoms with van der Waals surface area (Å²) in [6.07, 6.45) is 7.47. The van der Waals surface area contributed by atoms with Crippen molar-refractivity contribution in [3.8, 4) is 0 Å². The highest BCUT2D eigenvalue weighted by molar-refractivity contribution is 9.11. The Morgan fingerprint density at radius 3 is 2.42 bits per heavy atom. The Morgan fingerprint density at radius 1 is 1.21 bits per heavy atom. The van der Waals surface area contributed by atoms with Gasteiger partial charge in [-0.05, 0) is 61.0 Å². The average Bonchev–Trinajstić information content (AvgIpc) is 2.58. The summed E-state index contributed by atoms with van der Waals surface area (Å²) in [6, 6.07) is 0. The largest absolute Gasteiger partial charge is 0.358 e. The zero-order valence-corrected chi connectivity index (χ0v) is 14.0. The molecule has 1 unspecified atom stereocenters. The van der Waals surface area contributed by atoms with Gasteiger partial charge < -0.3 is 5.32 Å². The highest BCUT2D eigenvalue weighted by Gasteiger charge is 2.24. The van der Waals surface area contributed by atoms with Gasteiger partial charge in [-0.3, -0.25) is 0 Å². The van der Waals surface area contributed by atoms with Gasteiger partial charge in [-0.1, -0.05) is 34.5 Å². The van der Waals surface area contributed by atoms with E-state index in [-0.39, 0.29) is 0 Å². The van der Waals surface area contributed by atoms with Crippen LogP contribution in [0.4, 0.5) is 0 Å². The third-order valence-corrected chi connectivity index (χ3v) is 4.94. The lowest BCUT2D eigenvalue weighted by Gasteiger charge is -2.22. The van der Waals surface area contributed by atoms with Crippen LogP contribution in [0.2, 0.25) is 0 Å². The summed E-state index contributed by atoms with van der Waals surface area (Å²) in [4.78, 5) is 0. The van der Waals surface area contributed by atoms with Crippen molar-refractivity contribution in [2.45, 2.75) is 41.0 Å². The topological polar surface area (TPSA) is 12.0 Å². The van der Waals surface area contributed by atoms with Crippen LogP contribution in [-0.2, 0) is 0 Å². The Hall–Kier alpha value is -1.02. The van der Waals surface area contributed by atoms with Gasteiger partial charge in [-0.25, -0.2) is 0 Å². The third-order valence-electron chi connectivity index (χ3n) is 4.39. The first-order chi connectivity index (χ1) is 8.95. The van der Waals surface area contributed by atoms with E-state index >= 15 is 0 Å². The lowest BCUT2D eigenvalue weighted by Crippen LogP contribution is -2.20. The van der Waals surface area contributed by atoms with Crippen molar-refractivity contribution >= 4 is 15.9 Å². The SMILES string of the molecule is CC=C1CC(Br)=CC=C1NC1=C(C)C(C)=C(C)C1C. The molecule has 2 aliphatic carbocycles. The highest BCUT2D eigenvalue weighted by Crippen LogP contribution is 2.37. The summed E-state index contributed by atoms with van der Waals surface area (Å²) in [6.45, 7) is 11.1. The van der Waals surface area contributed by atoms with Crippen LogP contribution >= 0.6 is 15.9 Å². The minimum atomic E-state index is 0.494. The van der Waals surface area contributed by atoms with Crippen LogP contribution in [0.15, 0.2) is 56.4 Å². The Bertz CT molecular complexity index is 556. The monoisotopic (exact) mass is 319 g/mol. The molecular weight excluding hydrogens is 298 g/mol. The van der Waals surface area contributed by atoms with Crippen molar-refractivity contribution in [2.75, 3.05) is 0 Å². The van der Waals surface area contributed by atoms with Crippen LogP contribution < -0.4 is 5.32 Å². The van der Waals surface area contributed by atoms with Crippen LogP contribution in [0, 0.1) is 5.92 Å². The Morgan fingerprint density at radius 2 is 1.89 bits per heavy atom. The van der Waals surface area contributed by atoms with Crippen LogP contribution in [0.1, 0.15) is 41.0 Å². The number of hydrogen-bond donors (Lipinski definition) is 1. The molecule has 2 aliphatic rings. The molecule has 0 aromatic carbocycles. The van der Waals surface area contributed by atoms with E-state index in [4.69, 9.17) is 0 Å². The predicted molar refractivity (Wildman–Crippen MR) is 86.8 cm³/mol. The van der Waals surface area contributed by atoms with Crippen molar-refractivity contribution in [2.24, 2.45) is 5.92 Å². The van der Waals surface area contributed by atoms with E-state index in [1.165, 1.54) is 38.2 Å². The number of rotatable bonds is 2. The van der Waals surface area contributed by atoms with E-state index in [9.17, 15) is 0 Å². The second-order valence-corrected chi connectivity index (χ2v) is 6.40. The summed E-state index contributed by atoms with van der Waals surface area (Å²) < 4.78 is 1.24. The molecule has 102 valence electrons. The van der Waals surface area contributed by atoms with Crippen LogP contribution in [0.25, 0.3) is 0 Å². The molecule has 2 rings (SSSR count). The molecule has 19 heavy (non-hydrogen) atoms. The van der Waals surface area contributed by atoms with E-state index in [0.29, 0.717) is 5.92 Å². The van der Waals surface area contributed by atoms with Crippen molar-refractivity contribution in [3.63, 3.8) is 0 Å². The fraction of sp³-hybridized carbons (Fsp3) is 0.412. The van der Waals surface area contributed by atoms with Gasteiger partial charge in [0.25, 0.3) is 0 Å². The molecule has 1 nitrogen and oxygen atoms in total. The van der Waals surface area contributed by atoms with Crippen molar-refractivity contribution in [3.05, 3.63) is 56.4 Å². The number of allylic oxidation sites excluding steroid dienone is 8. The summed E-state index contributed by atoms with van der Waals surface area (Å²) in [7, 11) is 0. The zero-order valence-electron chi connectivity index (χ0n) is 12.4. The minimum Gasteiger partial charge on any atom is -0.358 e.